The van der Waals surface area contributed by atoms with Gasteiger partial charge in [0.25, 0.3) is 0 Å². The molecule has 4 rings (SSSR count). The fourth-order valence-electron chi connectivity index (χ4n) is 4.04. The summed E-state index contributed by atoms with van der Waals surface area (Å²) < 4.78 is 33.4. The molecule has 1 aromatic heterocycles. The topological polar surface area (TPSA) is 78.5 Å². The average molecular weight is 578 g/mol. The second-order valence-corrected chi connectivity index (χ2v) is 10.6. The number of benzene rings is 2. The lowest BCUT2D eigenvalue weighted by Gasteiger charge is -2.31. The third kappa shape index (κ3) is 6.64. The fourth-order valence-corrected chi connectivity index (χ4v) is 5.51. The zero-order chi connectivity index (χ0) is 22.0. The van der Waals surface area contributed by atoms with E-state index in [9.17, 15) is 8.42 Å². The Bertz CT molecular complexity index is 1140. The van der Waals surface area contributed by atoms with Crippen LogP contribution < -0.4 is 9.64 Å². The van der Waals surface area contributed by atoms with Gasteiger partial charge in [-0.3, -0.25) is 0 Å². The van der Waals surface area contributed by atoms with Gasteiger partial charge in [-0.05, 0) is 47.9 Å². The summed E-state index contributed by atoms with van der Waals surface area (Å²) in [5.74, 6) is 0.780. The van der Waals surface area contributed by atoms with Crippen LogP contribution in [0.15, 0.2) is 59.5 Å². The number of hydrogen-bond donors (Lipinski definition) is 1. The number of nitrogens with one attached hydrogen (secondary N) is 1. The number of methoxy groups -OCH3 is 1. The highest BCUT2D eigenvalue weighted by atomic mass is 79.9. The first-order valence-corrected chi connectivity index (χ1v) is 12.6. The molecule has 1 N–H and O–H groups in total. The summed E-state index contributed by atoms with van der Waals surface area (Å²) in [6, 6.07) is 13.6. The van der Waals surface area contributed by atoms with Gasteiger partial charge in [-0.25, -0.2) is 13.4 Å². The lowest BCUT2D eigenvalue weighted by atomic mass is 10.1. The maximum Gasteiger partial charge on any atom is 0.211 e. The SMILES string of the molecule is COc1ccc(CC2CN(Cc3cnc[nH]3)c3ccc(Br)cc3CN2S(C)(=O)=O)cc1.Cl.Cl. The summed E-state index contributed by atoms with van der Waals surface area (Å²) in [6.45, 7) is 1.51. The predicted octanol–water partition coefficient (Wildman–Crippen LogP) is 4.42. The number of aromatic nitrogens is 2. The number of halogens is 3. The number of ether oxygens (including phenoxy) is 1. The van der Waals surface area contributed by atoms with Gasteiger partial charge in [-0.1, -0.05) is 28.1 Å². The molecule has 180 valence electrons. The first-order valence-electron chi connectivity index (χ1n) is 9.94. The second-order valence-electron chi connectivity index (χ2n) is 7.74. The molecule has 2 aromatic carbocycles. The van der Waals surface area contributed by atoms with Crippen LogP contribution in [0.4, 0.5) is 5.69 Å². The van der Waals surface area contributed by atoms with Crippen molar-refractivity contribution in [2.24, 2.45) is 0 Å². The third-order valence-corrected chi connectivity index (χ3v) is 7.29. The van der Waals surface area contributed by atoms with Gasteiger partial charge in [0.1, 0.15) is 5.75 Å². The van der Waals surface area contributed by atoms with Crippen molar-refractivity contribution < 1.29 is 13.2 Å². The van der Waals surface area contributed by atoms with Gasteiger partial charge in [0, 0.05) is 35.5 Å². The quantitative estimate of drug-likeness (QED) is 0.469. The van der Waals surface area contributed by atoms with Crippen LogP contribution in [0.25, 0.3) is 0 Å². The molecule has 1 aliphatic heterocycles. The molecule has 0 saturated heterocycles. The van der Waals surface area contributed by atoms with Crippen LogP contribution in [0.3, 0.4) is 0 Å². The van der Waals surface area contributed by atoms with E-state index in [0.29, 0.717) is 26.1 Å². The van der Waals surface area contributed by atoms with Gasteiger partial charge in [-0.2, -0.15) is 4.31 Å². The van der Waals surface area contributed by atoms with Crippen LogP contribution in [0.5, 0.6) is 5.75 Å². The molecule has 0 radical (unpaired) electrons. The Balaban J connectivity index is 0.00000193. The van der Waals surface area contributed by atoms with Crippen molar-refractivity contribution >= 4 is 56.5 Å². The van der Waals surface area contributed by atoms with Crippen LogP contribution >= 0.6 is 40.7 Å². The number of imidazole rings is 1. The molecule has 33 heavy (non-hydrogen) atoms. The van der Waals surface area contributed by atoms with Gasteiger partial charge in [0.2, 0.25) is 10.0 Å². The summed E-state index contributed by atoms with van der Waals surface area (Å²) in [5, 5.41) is 0. The molecule has 1 atom stereocenters. The predicted molar refractivity (Wildman–Crippen MR) is 139 cm³/mol. The van der Waals surface area contributed by atoms with E-state index in [2.05, 4.69) is 30.8 Å². The molecule has 0 spiro atoms. The van der Waals surface area contributed by atoms with Crippen molar-refractivity contribution in [3.63, 3.8) is 0 Å². The molecule has 0 saturated carbocycles. The first-order chi connectivity index (χ1) is 14.8. The summed E-state index contributed by atoms with van der Waals surface area (Å²) in [7, 11) is -1.79. The van der Waals surface area contributed by atoms with Gasteiger partial charge in [-0.15, -0.1) is 24.8 Å². The molecule has 0 bridgehead atoms. The zero-order valence-corrected chi connectivity index (χ0v) is 22.3. The van der Waals surface area contributed by atoms with Crippen molar-refractivity contribution in [3.8, 4) is 5.75 Å². The average Bonchev–Trinajstić information content (AvgIpc) is 3.18. The summed E-state index contributed by atoms with van der Waals surface area (Å²) in [4.78, 5) is 9.52. The van der Waals surface area contributed by atoms with Gasteiger partial charge in [0.05, 0.1) is 31.9 Å². The molecule has 1 aliphatic rings. The number of nitrogens with zero attached hydrogens (tertiary/aromatic N) is 3. The maximum absolute atomic E-state index is 12.8. The van der Waals surface area contributed by atoms with E-state index in [1.807, 2.05) is 42.5 Å². The number of H-pyrrole nitrogens is 1. The van der Waals surface area contributed by atoms with Crippen molar-refractivity contribution in [2.45, 2.75) is 25.6 Å². The Kier molecular flexibility index (Phi) is 9.63. The number of sulfonamides is 1. The zero-order valence-electron chi connectivity index (χ0n) is 18.3. The third-order valence-electron chi connectivity index (χ3n) is 5.52. The Hall–Kier alpha value is -1.78. The molecular weight excluding hydrogens is 551 g/mol. The molecule has 7 nitrogen and oxygen atoms in total. The van der Waals surface area contributed by atoms with Crippen molar-refractivity contribution in [1.82, 2.24) is 14.3 Å². The Morgan fingerprint density at radius 1 is 1.18 bits per heavy atom. The molecule has 2 heterocycles. The minimum Gasteiger partial charge on any atom is -0.497 e. The number of anilines is 1. The monoisotopic (exact) mass is 576 g/mol. The molecule has 1 unspecified atom stereocenters. The Labute approximate surface area is 215 Å². The Morgan fingerprint density at radius 2 is 1.91 bits per heavy atom. The number of fused-ring (bicyclic) bond motifs is 1. The highest BCUT2D eigenvalue weighted by molar-refractivity contribution is 9.10. The van der Waals surface area contributed by atoms with Crippen LogP contribution in [-0.2, 0) is 29.5 Å². The van der Waals surface area contributed by atoms with E-state index in [1.54, 1.807) is 23.9 Å². The summed E-state index contributed by atoms with van der Waals surface area (Å²) in [6.07, 6.45) is 5.35. The van der Waals surface area contributed by atoms with Crippen molar-refractivity contribution in [2.75, 3.05) is 24.8 Å². The molecular formula is C22H27BrCl2N4O3S. The minimum absolute atomic E-state index is 0. The fraction of sp³-hybridized carbons (Fsp3) is 0.318. The largest absolute Gasteiger partial charge is 0.497 e. The van der Waals surface area contributed by atoms with Crippen LogP contribution in [0.2, 0.25) is 0 Å². The number of hydrogen-bond acceptors (Lipinski definition) is 5. The van der Waals surface area contributed by atoms with Crippen molar-refractivity contribution in [1.29, 1.82) is 0 Å². The van der Waals surface area contributed by atoms with E-state index in [1.165, 1.54) is 6.26 Å². The van der Waals surface area contributed by atoms with E-state index in [4.69, 9.17) is 4.74 Å². The number of aromatic amines is 1. The van der Waals surface area contributed by atoms with Gasteiger partial charge >= 0.3 is 0 Å². The van der Waals surface area contributed by atoms with Gasteiger partial charge in [0.15, 0.2) is 0 Å². The van der Waals surface area contributed by atoms with Crippen LogP contribution in [0.1, 0.15) is 16.8 Å². The van der Waals surface area contributed by atoms with E-state index in [0.717, 1.165) is 32.7 Å². The standard InChI is InChI=1S/C22H25BrN4O3S.2ClH/c1-30-21-6-3-16(4-7-21)9-20-14-26(13-19-11-24-15-25-19)22-8-5-18(23)10-17(22)12-27(20)31(2,28)29;;/h3-8,10-11,15,20H,9,12-14H2,1-2H3,(H,24,25);2*1H. The van der Waals surface area contributed by atoms with Crippen LogP contribution in [0, 0.1) is 0 Å². The molecule has 3 aromatic rings. The van der Waals surface area contributed by atoms with E-state index < -0.39 is 10.0 Å². The highest BCUT2D eigenvalue weighted by Crippen LogP contribution is 2.33. The smallest absolute Gasteiger partial charge is 0.211 e. The van der Waals surface area contributed by atoms with E-state index >= 15 is 0 Å². The number of rotatable bonds is 6. The normalized spacial score (nSPS) is 16.2. The highest BCUT2D eigenvalue weighted by Gasteiger charge is 2.33. The van der Waals surface area contributed by atoms with E-state index in [-0.39, 0.29) is 30.9 Å². The molecule has 0 amide bonds. The second kappa shape index (κ2) is 11.6. The molecule has 11 heteroatoms. The van der Waals surface area contributed by atoms with Gasteiger partial charge < -0.3 is 14.6 Å². The lowest BCUT2D eigenvalue weighted by molar-refractivity contribution is 0.320. The lowest BCUT2D eigenvalue weighted by Crippen LogP contribution is -2.45. The first kappa shape index (κ1) is 27.5. The minimum atomic E-state index is -3.43. The summed E-state index contributed by atoms with van der Waals surface area (Å²) >= 11 is 3.53. The Morgan fingerprint density at radius 3 is 2.52 bits per heavy atom. The molecule has 0 aliphatic carbocycles. The summed E-state index contributed by atoms with van der Waals surface area (Å²) in [5.41, 5.74) is 4.04. The molecule has 0 fully saturated rings. The maximum atomic E-state index is 12.8. The van der Waals surface area contributed by atoms with Crippen LogP contribution in [-0.4, -0.2) is 48.6 Å². The van der Waals surface area contributed by atoms with Crippen molar-refractivity contribution in [3.05, 3.63) is 76.3 Å².